The molecule has 1 rings (SSSR count). The van der Waals surface area contributed by atoms with Crippen molar-refractivity contribution in [2.24, 2.45) is 4.99 Å². The minimum absolute atomic E-state index is 0.102. The number of benzene rings is 1. The van der Waals surface area contributed by atoms with Gasteiger partial charge in [-0.1, -0.05) is 19.1 Å². The second-order valence-electron chi connectivity index (χ2n) is 2.89. The molecule has 0 saturated carbocycles. The molecule has 0 saturated heterocycles. The van der Waals surface area contributed by atoms with Crippen molar-refractivity contribution < 1.29 is 4.92 Å². The number of hydrogen-bond acceptors (Lipinski definition) is 3. The summed E-state index contributed by atoms with van der Waals surface area (Å²) in [5, 5.41) is 10.4. The van der Waals surface area contributed by atoms with Gasteiger partial charge in [0, 0.05) is 24.9 Å². The Balaban J connectivity index is 2.78. The van der Waals surface area contributed by atoms with Crippen molar-refractivity contribution in [1.29, 1.82) is 0 Å². The summed E-state index contributed by atoms with van der Waals surface area (Å²) in [7, 11) is 0. The molecule has 0 heterocycles. The van der Waals surface area contributed by atoms with E-state index in [4.69, 9.17) is 0 Å². The molecule has 0 unspecified atom stereocenters. The first-order valence-electron chi connectivity index (χ1n) is 4.48. The van der Waals surface area contributed by atoms with Crippen LogP contribution < -0.4 is 0 Å². The van der Waals surface area contributed by atoms with Crippen molar-refractivity contribution in [3.8, 4) is 0 Å². The van der Waals surface area contributed by atoms with Crippen LogP contribution in [0.2, 0.25) is 0 Å². The Morgan fingerprint density at radius 3 is 3.00 bits per heavy atom. The summed E-state index contributed by atoms with van der Waals surface area (Å²) in [6.45, 7) is 2.79. The topological polar surface area (TPSA) is 55.5 Å². The van der Waals surface area contributed by atoms with Crippen LogP contribution in [0.25, 0.3) is 0 Å². The van der Waals surface area contributed by atoms with Gasteiger partial charge in [-0.2, -0.15) is 0 Å². The molecule has 0 aliphatic rings. The fraction of sp³-hybridized carbons (Fsp3) is 0.300. The lowest BCUT2D eigenvalue weighted by molar-refractivity contribution is -0.384. The smallest absolute Gasteiger partial charge is 0.270 e. The van der Waals surface area contributed by atoms with Crippen LogP contribution in [-0.2, 0) is 0 Å². The Labute approximate surface area is 82.4 Å². The number of aliphatic imine (C=N–C) groups is 1. The minimum Gasteiger partial charge on any atom is -0.293 e. The summed E-state index contributed by atoms with van der Waals surface area (Å²) in [6, 6.07) is 6.44. The van der Waals surface area contributed by atoms with Crippen LogP contribution in [0.5, 0.6) is 0 Å². The Bertz CT molecular complexity index is 348. The zero-order chi connectivity index (χ0) is 10.4. The van der Waals surface area contributed by atoms with Crippen molar-refractivity contribution in [3.63, 3.8) is 0 Å². The molecule has 0 N–H and O–H groups in total. The quantitative estimate of drug-likeness (QED) is 0.418. The second-order valence-corrected chi connectivity index (χ2v) is 2.89. The SMILES string of the molecule is CCCN=Cc1cccc([N+](=O)[O-])c1. The first-order valence-corrected chi connectivity index (χ1v) is 4.48. The van der Waals surface area contributed by atoms with E-state index in [2.05, 4.69) is 4.99 Å². The van der Waals surface area contributed by atoms with Crippen LogP contribution in [-0.4, -0.2) is 17.7 Å². The number of rotatable bonds is 4. The Hall–Kier alpha value is -1.71. The maximum Gasteiger partial charge on any atom is 0.270 e. The zero-order valence-corrected chi connectivity index (χ0v) is 8.01. The Kier molecular flexibility index (Phi) is 3.79. The molecule has 4 nitrogen and oxygen atoms in total. The highest BCUT2D eigenvalue weighted by molar-refractivity contribution is 5.80. The summed E-state index contributed by atoms with van der Waals surface area (Å²) in [4.78, 5) is 14.2. The Morgan fingerprint density at radius 1 is 1.57 bits per heavy atom. The third kappa shape index (κ3) is 2.97. The predicted octanol–water partition coefficient (Wildman–Crippen LogP) is 2.42. The summed E-state index contributed by atoms with van der Waals surface area (Å²) >= 11 is 0. The summed E-state index contributed by atoms with van der Waals surface area (Å²) in [5.41, 5.74) is 0.873. The van der Waals surface area contributed by atoms with E-state index >= 15 is 0 Å². The predicted molar refractivity (Wildman–Crippen MR) is 55.8 cm³/mol. The highest BCUT2D eigenvalue weighted by Crippen LogP contribution is 2.11. The average molecular weight is 192 g/mol. The fourth-order valence-corrected chi connectivity index (χ4v) is 1.02. The Morgan fingerprint density at radius 2 is 2.36 bits per heavy atom. The number of nitro benzene ring substituents is 1. The normalized spacial score (nSPS) is 10.6. The van der Waals surface area contributed by atoms with Gasteiger partial charge in [0.15, 0.2) is 0 Å². The molecular weight excluding hydrogens is 180 g/mol. The van der Waals surface area contributed by atoms with Gasteiger partial charge >= 0.3 is 0 Å². The number of nitro groups is 1. The van der Waals surface area contributed by atoms with E-state index in [1.165, 1.54) is 12.1 Å². The molecule has 0 aliphatic heterocycles. The molecule has 0 radical (unpaired) electrons. The van der Waals surface area contributed by atoms with E-state index in [-0.39, 0.29) is 5.69 Å². The van der Waals surface area contributed by atoms with Gasteiger partial charge in [0.05, 0.1) is 4.92 Å². The lowest BCUT2D eigenvalue weighted by Gasteiger charge is -1.93. The van der Waals surface area contributed by atoms with E-state index in [0.717, 1.165) is 18.5 Å². The van der Waals surface area contributed by atoms with Gasteiger partial charge in [-0.15, -0.1) is 0 Å². The van der Waals surface area contributed by atoms with E-state index in [0.29, 0.717) is 0 Å². The fourth-order valence-electron chi connectivity index (χ4n) is 1.02. The van der Waals surface area contributed by atoms with Gasteiger partial charge in [-0.05, 0) is 12.0 Å². The molecule has 74 valence electrons. The van der Waals surface area contributed by atoms with Crippen molar-refractivity contribution >= 4 is 11.9 Å². The van der Waals surface area contributed by atoms with Crippen molar-refractivity contribution in [3.05, 3.63) is 39.9 Å². The third-order valence-electron chi connectivity index (χ3n) is 1.67. The molecule has 14 heavy (non-hydrogen) atoms. The lowest BCUT2D eigenvalue weighted by atomic mass is 10.2. The third-order valence-corrected chi connectivity index (χ3v) is 1.67. The van der Waals surface area contributed by atoms with Crippen LogP contribution in [0, 0.1) is 10.1 Å². The lowest BCUT2D eigenvalue weighted by Crippen LogP contribution is -1.89. The summed E-state index contributed by atoms with van der Waals surface area (Å²) < 4.78 is 0. The molecule has 1 aromatic rings. The monoisotopic (exact) mass is 192 g/mol. The maximum atomic E-state index is 10.4. The van der Waals surface area contributed by atoms with Crippen LogP contribution in [0.1, 0.15) is 18.9 Å². The highest BCUT2D eigenvalue weighted by Gasteiger charge is 2.03. The summed E-state index contributed by atoms with van der Waals surface area (Å²) in [5.74, 6) is 0. The minimum atomic E-state index is -0.406. The molecule has 0 atom stereocenters. The summed E-state index contributed by atoms with van der Waals surface area (Å²) in [6.07, 6.45) is 2.64. The second kappa shape index (κ2) is 5.11. The zero-order valence-electron chi connectivity index (χ0n) is 8.01. The van der Waals surface area contributed by atoms with Crippen LogP contribution >= 0.6 is 0 Å². The van der Waals surface area contributed by atoms with Gasteiger partial charge < -0.3 is 0 Å². The standard InChI is InChI=1S/C10H12N2O2/c1-2-6-11-8-9-4-3-5-10(7-9)12(13)14/h3-5,7-8H,2,6H2,1H3. The maximum absolute atomic E-state index is 10.4. The molecular formula is C10H12N2O2. The highest BCUT2D eigenvalue weighted by atomic mass is 16.6. The van der Waals surface area contributed by atoms with Gasteiger partial charge in [0.1, 0.15) is 0 Å². The van der Waals surface area contributed by atoms with Gasteiger partial charge in [0.2, 0.25) is 0 Å². The molecule has 0 spiro atoms. The molecule has 0 amide bonds. The van der Waals surface area contributed by atoms with Crippen LogP contribution in [0.15, 0.2) is 29.3 Å². The number of non-ortho nitro benzene ring substituents is 1. The molecule has 0 bridgehead atoms. The average Bonchev–Trinajstić information content (AvgIpc) is 2.19. The van der Waals surface area contributed by atoms with E-state index < -0.39 is 4.92 Å². The van der Waals surface area contributed by atoms with Gasteiger partial charge in [-0.3, -0.25) is 15.1 Å². The van der Waals surface area contributed by atoms with Crippen molar-refractivity contribution in [1.82, 2.24) is 0 Å². The first kappa shape index (κ1) is 10.4. The van der Waals surface area contributed by atoms with Crippen LogP contribution in [0.4, 0.5) is 5.69 Å². The molecule has 0 fully saturated rings. The van der Waals surface area contributed by atoms with Crippen molar-refractivity contribution in [2.75, 3.05) is 6.54 Å². The van der Waals surface area contributed by atoms with Crippen molar-refractivity contribution in [2.45, 2.75) is 13.3 Å². The molecule has 0 aliphatic carbocycles. The molecule has 0 aromatic heterocycles. The van der Waals surface area contributed by atoms with Crippen LogP contribution in [0.3, 0.4) is 0 Å². The largest absolute Gasteiger partial charge is 0.293 e. The van der Waals surface area contributed by atoms with Gasteiger partial charge in [0.25, 0.3) is 5.69 Å². The first-order chi connectivity index (χ1) is 6.74. The van der Waals surface area contributed by atoms with E-state index in [9.17, 15) is 10.1 Å². The number of hydrogen-bond donors (Lipinski definition) is 0. The molecule has 4 heteroatoms. The molecule has 1 aromatic carbocycles. The van der Waals surface area contributed by atoms with E-state index in [1.807, 2.05) is 6.92 Å². The number of nitrogens with zero attached hydrogens (tertiary/aromatic N) is 2. The van der Waals surface area contributed by atoms with E-state index in [1.54, 1.807) is 18.3 Å². The van der Waals surface area contributed by atoms with Gasteiger partial charge in [-0.25, -0.2) is 0 Å².